The Labute approximate surface area is 153 Å². The molecule has 0 radical (unpaired) electrons. The van der Waals surface area contributed by atoms with Gasteiger partial charge in [-0.25, -0.2) is 8.42 Å². The Hall–Kier alpha value is -1.68. The van der Waals surface area contributed by atoms with Gasteiger partial charge in [-0.1, -0.05) is 6.07 Å². The molecule has 2 bridgehead atoms. The lowest BCUT2D eigenvalue weighted by molar-refractivity contribution is -0.136. The zero-order valence-corrected chi connectivity index (χ0v) is 15.7. The van der Waals surface area contributed by atoms with Crippen LogP contribution in [0.2, 0.25) is 0 Å². The Morgan fingerprint density at radius 3 is 2.77 bits per heavy atom. The fourth-order valence-electron chi connectivity index (χ4n) is 3.67. The Morgan fingerprint density at radius 2 is 2.08 bits per heavy atom. The van der Waals surface area contributed by atoms with Crippen LogP contribution in [-0.4, -0.2) is 81.7 Å². The molecule has 2 fully saturated rings. The lowest BCUT2D eigenvalue weighted by Crippen LogP contribution is -2.45. The summed E-state index contributed by atoms with van der Waals surface area (Å²) in [5.74, 6) is -0.707. The number of hydrogen-bond donors (Lipinski definition) is 1. The first-order valence-corrected chi connectivity index (χ1v) is 9.92. The third kappa shape index (κ3) is 3.85. The highest BCUT2D eigenvalue weighted by molar-refractivity contribution is 7.89. The molecule has 0 amide bonds. The number of benzene rings is 1. The molecule has 0 aromatic heterocycles. The van der Waals surface area contributed by atoms with E-state index >= 15 is 0 Å². The summed E-state index contributed by atoms with van der Waals surface area (Å²) < 4.78 is 39.3. The normalized spacial score (nSPS) is 24.8. The second-order valence-corrected chi connectivity index (χ2v) is 8.77. The summed E-state index contributed by atoms with van der Waals surface area (Å²) in [5.41, 5.74) is 0.419. The van der Waals surface area contributed by atoms with Crippen LogP contribution in [0.15, 0.2) is 23.1 Å². The van der Waals surface area contributed by atoms with Crippen molar-refractivity contribution in [1.29, 1.82) is 0 Å². The number of carboxylic acid groups (broad SMARTS) is 1. The lowest BCUT2D eigenvalue weighted by atomic mass is 10.1. The van der Waals surface area contributed by atoms with Gasteiger partial charge in [0, 0.05) is 25.6 Å². The van der Waals surface area contributed by atoms with Crippen molar-refractivity contribution in [1.82, 2.24) is 9.21 Å². The van der Waals surface area contributed by atoms with Gasteiger partial charge in [0.25, 0.3) is 0 Å². The second kappa shape index (κ2) is 7.51. The maximum atomic E-state index is 13.4. The highest BCUT2D eigenvalue weighted by Crippen LogP contribution is 2.32. The molecule has 9 heteroatoms. The van der Waals surface area contributed by atoms with Gasteiger partial charge in [-0.3, -0.25) is 4.79 Å². The zero-order valence-electron chi connectivity index (χ0n) is 14.9. The molecule has 2 saturated heterocycles. The van der Waals surface area contributed by atoms with E-state index in [9.17, 15) is 13.2 Å². The van der Waals surface area contributed by atoms with Gasteiger partial charge in [0.1, 0.15) is 10.6 Å². The van der Waals surface area contributed by atoms with Crippen LogP contribution in [0, 0.1) is 5.92 Å². The predicted molar refractivity (Wildman–Crippen MR) is 93.8 cm³/mol. The van der Waals surface area contributed by atoms with Crippen LogP contribution in [0.4, 0.5) is 0 Å². The lowest BCUT2D eigenvalue weighted by Gasteiger charge is -2.29. The molecule has 1 N–H and O–H groups in total. The summed E-state index contributed by atoms with van der Waals surface area (Å²) in [7, 11) is -0.468. The number of sulfonamides is 1. The molecule has 0 spiro atoms. The van der Waals surface area contributed by atoms with E-state index in [1.54, 1.807) is 6.07 Å². The van der Waals surface area contributed by atoms with Gasteiger partial charge in [-0.2, -0.15) is 4.31 Å². The first-order chi connectivity index (χ1) is 12.3. The van der Waals surface area contributed by atoms with Crippen molar-refractivity contribution in [3.05, 3.63) is 23.8 Å². The number of likely N-dealkylation sites (N-methyl/N-ethyl adjacent to an activating group) is 1. The molecule has 8 nitrogen and oxygen atoms in total. The molecule has 26 heavy (non-hydrogen) atoms. The molecule has 2 aliphatic heterocycles. The third-order valence-electron chi connectivity index (χ3n) is 4.77. The molecule has 1 aromatic carbocycles. The molecular formula is C17H24N2O6S. The molecule has 0 saturated carbocycles. The standard InChI is InChI=1S/C17H24N2O6S/c1-18-7-13-8-19(14(9-18)11-25-10-13)26(22,23)16-5-12(6-17(20)21)3-4-15(16)24-2/h3-5,13-14H,6-11H2,1-2H3,(H,20,21)/t13-,14-/m0/s1. The van der Waals surface area contributed by atoms with Gasteiger partial charge in [-0.15, -0.1) is 0 Å². The van der Waals surface area contributed by atoms with Crippen molar-refractivity contribution in [3.63, 3.8) is 0 Å². The Balaban J connectivity index is 2.02. The average Bonchev–Trinajstić information content (AvgIpc) is 2.85. The van der Waals surface area contributed by atoms with Crippen LogP contribution in [0.3, 0.4) is 0 Å². The van der Waals surface area contributed by atoms with Gasteiger partial charge in [-0.05, 0) is 24.7 Å². The van der Waals surface area contributed by atoms with Crippen LogP contribution in [0.5, 0.6) is 5.75 Å². The van der Waals surface area contributed by atoms with E-state index in [0.717, 1.165) is 6.54 Å². The molecule has 2 aliphatic rings. The number of methoxy groups -OCH3 is 1. The number of carbonyl (C=O) groups is 1. The minimum atomic E-state index is -3.86. The van der Waals surface area contributed by atoms with Crippen molar-refractivity contribution in [2.45, 2.75) is 17.4 Å². The van der Waals surface area contributed by atoms with Gasteiger partial charge in [0.05, 0.1) is 32.8 Å². The van der Waals surface area contributed by atoms with Gasteiger partial charge < -0.3 is 19.5 Å². The molecule has 144 valence electrons. The highest BCUT2D eigenvalue weighted by Gasteiger charge is 2.40. The first kappa shape index (κ1) is 19.1. The summed E-state index contributed by atoms with van der Waals surface area (Å²) in [5, 5.41) is 9.01. The van der Waals surface area contributed by atoms with Crippen molar-refractivity contribution in [2.75, 3.05) is 47.0 Å². The fraction of sp³-hybridized carbons (Fsp3) is 0.588. The van der Waals surface area contributed by atoms with Crippen LogP contribution < -0.4 is 4.74 Å². The van der Waals surface area contributed by atoms with Crippen molar-refractivity contribution in [2.24, 2.45) is 5.92 Å². The van der Waals surface area contributed by atoms with E-state index in [1.807, 2.05) is 7.05 Å². The third-order valence-corrected chi connectivity index (χ3v) is 6.71. The van der Waals surface area contributed by atoms with Gasteiger partial charge in [0.2, 0.25) is 10.0 Å². The largest absolute Gasteiger partial charge is 0.495 e. The highest BCUT2D eigenvalue weighted by atomic mass is 32.2. The number of fused-ring (bicyclic) bond motifs is 3. The monoisotopic (exact) mass is 384 g/mol. The summed E-state index contributed by atoms with van der Waals surface area (Å²) >= 11 is 0. The number of ether oxygens (including phenoxy) is 2. The fourth-order valence-corrected chi connectivity index (χ4v) is 5.55. The van der Waals surface area contributed by atoms with E-state index in [1.165, 1.54) is 23.5 Å². The summed E-state index contributed by atoms with van der Waals surface area (Å²) in [6.45, 7) is 2.62. The zero-order chi connectivity index (χ0) is 18.9. The van der Waals surface area contributed by atoms with E-state index in [-0.39, 0.29) is 29.0 Å². The number of rotatable bonds is 5. The van der Waals surface area contributed by atoms with Crippen LogP contribution >= 0.6 is 0 Å². The van der Waals surface area contributed by atoms with E-state index < -0.39 is 16.0 Å². The maximum Gasteiger partial charge on any atom is 0.307 e. The number of hydrogen-bond acceptors (Lipinski definition) is 6. The minimum absolute atomic E-state index is 0.00829. The summed E-state index contributed by atoms with van der Waals surface area (Å²) in [4.78, 5) is 13.1. The molecule has 2 heterocycles. The number of carboxylic acids is 1. The second-order valence-electron chi connectivity index (χ2n) is 6.91. The molecule has 0 aliphatic carbocycles. The van der Waals surface area contributed by atoms with Crippen LogP contribution in [0.1, 0.15) is 5.56 Å². The van der Waals surface area contributed by atoms with Crippen LogP contribution in [0.25, 0.3) is 0 Å². The SMILES string of the molecule is COc1ccc(CC(=O)O)cc1S(=O)(=O)N1C[C@H]2COC[C@@H]1CN(C)C2. The Kier molecular flexibility index (Phi) is 5.52. The first-order valence-electron chi connectivity index (χ1n) is 8.48. The summed E-state index contributed by atoms with van der Waals surface area (Å²) in [6.07, 6.45) is -0.246. The van der Waals surface area contributed by atoms with Crippen molar-refractivity contribution in [3.8, 4) is 5.75 Å². The quantitative estimate of drug-likeness (QED) is 0.778. The molecular weight excluding hydrogens is 360 g/mol. The molecule has 1 aromatic rings. The molecule has 0 unspecified atom stereocenters. The topological polar surface area (TPSA) is 96.4 Å². The maximum absolute atomic E-state index is 13.4. The van der Waals surface area contributed by atoms with E-state index in [0.29, 0.717) is 31.9 Å². The van der Waals surface area contributed by atoms with E-state index in [2.05, 4.69) is 4.90 Å². The van der Waals surface area contributed by atoms with Gasteiger partial charge in [0.15, 0.2) is 0 Å². The summed E-state index contributed by atoms with van der Waals surface area (Å²) in [6, 6.07) is 4.20. The Morgan fingerprint density at radius 1 is 1.31 bits per heavy atom. The van der Waals surface area contributed by atoms with Crippen molar-refractivity contribution < 1.29 is 27.8 Å². The van der Waals surface area contributed by atoms with Gasteiger partial charge >= 0.3 is 5.97 Å². The Bertz CT molecular complexity index is 781. The predicted octanol–water partition coefficient (Wildman–Crippen LogP) is 0.273. The number of aliphatic carboxylic acids is 1. The smallest absolute Gasteiger partial charge is 0.307 e. The number of nitrogens with zero attached hydrogens (tertiary/aromatic N) is 2. The van der Waals surface area contributed by atoms with Crippen molar-refractivity contribution >= 4 is 16.0 Å². The molecule has 3 rings (SSSR count). The molecule has 2 atom stereocenters. The van der Waals surface area contributed by atoms with Crippen LogP contribution in [-0.2, 0) is 26.0 Å². The minimum Gasteiger partial charge on any atom is -0.495 e. The average molecular weight is 384 g/mol. The van der Waals surface area contributed by atoms with E-state index in [4.69, 9.17) is 14.6 Å².